The number of hydrogen-bond acceptors (Lipinski definition) is 0. The number of hydrogen-bond donors (Lipinski definition) is 0. The third-order valence-electron chi connectivity index (χ3n) is 7.12. The summed E-state index contributed by atoms with van der Waals surface area (Å²) in [4.78, 5) is 0. The predicted molar refractivity (Wildman–Crippen MR) is 69.2 cm³/mol. The molecule has 0 amide bonds. The minimum absolute atomic E-state index is 0.596. The van der Waals surface area contributed by atoms with E-state index in [1.165, 1.54) is 25.7 Å². The predicted octanol–water partition coefficient (Wildman–Crippen LogP) is 4.89. The van der Waals surface area contributed by atoms with Gasteiger partial charge in [-0.15, -0.1) is 0 Å². The fourth-order valence-corrected chi connectivity index (χ4v) is 6.21. The summed E-state index contributed by atoms with van der Waals surface area (Å²) in [6, 6.07) is 0. The van der Waals surface area contributed by atoms with Crippen LogP contribution in [0.4, 0.5) is 0 Å². The molecule has 92 valence electrons. The molecule has 3 fully saturated rings. The normalized spacial score (nSPS) is 52.7. The second-order valence-electron chi connectivity index (χ2n) is 8.33. The van der Waals surface area contributed by atoms with Crippen molar-refractivity contribution in [1.82, 2.24) is 0 Å². The molecule has 3 aliphatic rings. The van der Waals surface area contributed by atoms with Crippen molar-refractivity contribution in [1.29, 1.82) is 0 Å². The molecule has 0 aliphatic heterocycles. The Bertz CT molecular complexity index is 308. The molecule has 0 N–H and O–H groups in total. The highest BCUT2D eigenvalue weighted by molar-refractivity contribution is 5.15. The van der Waals surface area contributed by atoms with Crippen LogP contribution in [0.25, 0.3) is 0 Å². The molecule has 3 rings (SSSR count). The standard InChI is InChI=1S/C16H28/c1-11-6-7-12-15(4,5)13-10-16(11,12)9-8-14(13,2)3/h11-13H,6-10H2,1-5H3/t11-,12+,13+,16+/m1/s1. The molecule has 4 atom stereocenters. The first kappa shape index (κ1) is 11.1. The van der Waals surface area contributed by atoms with Crippen LogP contribution in [0.5, 0.6) is 0 Å². The molecule has 0 aromatic heterocycles. The third-order valence-corrected chi connectivity index (χ3v) is 7.12. The zero-order valence-electron chi connectivity index (χ0n) is 11.8. The maximum atomic E-state index is 2.58. The highest BCUT2D eigenvalue weighted by Crippen LogP contribution is 2.74. The lowest BCUT2D eigenvalue weighted by Gasteiger charge is -2.45. The average Bonchev–Trinajstić information content (AvgIpc) is 2.58. The third kappa shape index (κ3) is 1.07. The minimum Gasteiger partial charge on any atom is -0.0620 e. The van der Waals surface area contributed by atoms with Crippen LogP contribution in [0.3, 0.4) is 0 Å². The highest BCUT2D eigenvalue weighted by Gasteiger charge is 2.66. The van der Waals surface area contributed by atoms with Gasteiger partial charge in [0, 0.05) is 0 Å². The molecular weight excluding hydrogens is 192 g/mol. The lowest BCUT2D eigenvalue weighted by atomic mass is 9.60. The van der Waals surface area contributed by atoms with Crippen LogP contribution in [0.2, 0.25) is 0 Å². The van der Waals surface area contributed by atoms with Gasteiger partial charge in [0.25, 0.3) is 0 Å². The van der Waals surface area contributed by atoms with Crippen LogP contribution in [-0.4, -0.2) is 0 Å². The van der Waals surface area contributed by atoms with Gasteiger partial charge in [-0.1, -0.05) is 34.6 Å². The molecule has 0 heterocycles. The SMILES string of the molecule is C[C@@H]1CC[C@H]2C(C)(C)[C@H]3C[C@@]12CCC3(C)C. The van der Waals surface area contributed by atoms with E-state index in [1.54, 1.807) is 6.42 Å². The summed E-state index contributed by atoms with van der Waals surface area (Å²) in [5, 5.41) is 0. The van der Waals surface area contributed by atoms with E-state index in [1.807, 2.05) is 0 Å². The highest BCUT2D eigenvalue weighted by atomic mass is 14.7. The van der Waals surface area contributed by atoms with Crippen molar-refractivity contribution in [2.75, 3.05) is 0 Å². The van der Waals surface area contributed by atoms with Crippen molar-refractivity contribution >= 4 is 0 Å². The van der Waals surface area contributed by atoms with E-state index in [9.17, 15) is 0 Å². The summed E-state index contributed by atoms with van der Waals surface area (Å²) in [7, 11) is 0. The summed E-state index contributed by atoms with van der Waals surface area (Å²) in [5.74, 6) is 3.00. The van der Waals surface area contributed by atoms with Crippen molar-refractivity contribution in [3.63, 3.8) is 0 Å². The van der Waals surface area contributed by atoms with Gasteiger partial charge in [-0.25, -0.2) is 0 Å². The van der Waals surface area contributed by atoms with Gasteiger partial charge in [-0.05, 0) is 66.1 Å². The molecule has 0 saturated heterocycles. The van der Waals surface area contributed by atoms with Crippen LogP contribution in [-0.2, 0) is 0 Å². The Balaban J connectivity index is 2.07. The molecule has 0 unspecified atom stereocenters. The quantitative estimate of drug-likeness (QED) is 0.545. The molecule has 3 aliphatic carbocycles. The maximum Gasteiger partial charge on any atom is -0.0235 e. The van der Waals surface area contributed by atoms with E-state index in [4.69, 9.17) is 0 Å². The van der Waals surface area contributed by atoms with E-state index >= 15 is 0 Å². The lowest BCUT2D eigenvalue weighted by molar-refractivity contribution is 0.0436. The van der Waals surface area contributed by atoms with Gasteiger partial charge in [0.1, 0.15) is 0 Å². The Hall–Kier alpha value is 0. The second-order valence-corrected chi connectivity index (χ2v) is 8.33. The summed E-state index contributed by atoms with van der Waals surface area (Å²) >= 11 is 0. The van der Waals surface area contributed by atoms with Crippen molar-refractivity contribution in [2.45, 2.75) is 66.7 Å². The molecule has 0 radical (unpaired) electrons. The molecule has 0 aromatic rings. The van der Waals surface area contributed by atoms with Gasteiger partial charge in [0.05, 0.1) is 0 Å². The zero-order valence-corrected chi connectivity index (χ0v) is 11.8. The van der Waals surface area contributed by atoms with Crippen molar-refractivity contribution in [3.8, 4) is 0 Å². The molecule has 16 heavy (non-hydrogen) atoms. The van der Waals surface area contributed by atoms with Crippen LogP contribution in [0.1, 0.15) is 66.7 Å². The molecular formula is C16H28. The summed E-state index contributed by atoms with van der Waals surface area (Å²) in [6.45, 7) is 12.7. The Morgan fingerprint density at radius 1 is 0.875 bits per heavy atom. The maximum absolute atomic E-state index is 2.58. The zero-order chi connectivity index (χ0) is 11.8. The van der Waals surface area contributed by atoms with Crippen molar-refractivity contribution in [3.05, 3.63) is 0 Å². The largest absolute Gasteiger partial charge is 0.0620 e. The van der Waals surface area contributed by atoms with Crippen LogP contribution in [0, 0.1) is 34.0 Å². The first-order valence-electron chi connectivity index (χ1n) is 7.31. The monoisotopic (exact) mass is 220 g/mol. The van der Waals surface area contributed by atoms with Gasteiger partial charge in [-0.3, -0.25) is 0 Å². The topological polar surface area (TPSA) is 0 Å². The van der Waals surface area contributed by atoms with Gasteiger partial charge in [-0.2, -0.15) is 0 Å². The molecule has 2 bridgehead atoms. The van der Waals surface area contributed by atoms with E-state index in [0.29, 0.717) is 10.8 Å². The smallest absolute Gasteiger partial charge is 0.0235 e. The number of rotatable bonds is 0. The Labute approximate surface area is 101 Å². The van der Waals surface area contributed by atoms with Gasteiger partial charge in [0.15, 0.2) is 0 Å². The lowest BCUT2D eigenvalue weighted by Crippen LogP contribution is -2.36. The van der Waals surface area contributed by atoms with Gasteiger partial charge >= 0.3 is 0 Å². The van der Waals surface area contributed by atoms with E-state index in [0.717, 1.165) is 23.2 Å². The second kappa shape index (κ2) is 2.87. The fourth-order valence-electron chi connectivity index (χ4n) is 6.21. The average molecular weight is 220 g/mol. The van der Waals surface area contributed by atoms with Crippen LogP contribution < -0.4 is 0 Å². The van der Waals surface area contributed by atoms with Gasteiger partial charge in [0.2, 0.25) is 0 Å². The van der Waals surface area contributed by atoms with Crippen molar-refractivity contribution in [2.24, 2.45) is 34.0 Å². The summed E-state index contributed by atoms with van der Waals surface area (Å²) < 4.78 is 0. The van der Waals surface area contributed by atoms with Crippen LogP contribution >= 0.6 is 0 Å². The van der Waals surface area contributed by atoms with Gasteiger partial charge < -0.3 is 0 Å². The number of fused-ring (bicyclic) bond motifs is 1. The molecule has 1 spiro atoms. The summed E-state index contributed by atoms with van der Waals surface area (Å²) in [6.07, 6.45) is 7.55. The Morgan fingerprint density at radius 3 is 2.25 bits per heavy atom. The fraction of sp³-hybridized carbons (Fsp3) is 1.00. The van der Waals surface area contributed by atoms with E-state index in [-0.39, 0.29) is 0 Å². The first-order valence-corrected chi connectivity index (χ1v) is 7.31. The Kier molecular flexibility index (Phi) is 1.99. The van der Waals surface area contributed by atoms with Crippen molar-refractivity contribution < 1.29 is 0 Å². The summed E-state index contributed by atoms with van der Waals surface area (Å²) in [5.41, 5.74) is 1.95. The first-order chi connectivity index (χ1) is 7.31. The Morgan fingerprint density at radius 2 is 1.56 bits per heavy atom. The molecule has 0 aromatic carbocycles. The van der Waals surface area contributed by atoms with E-state index < -0.39 is 0 Å². The molecule has 3 saturated carbocycles. The minimum atomic E-state index is 0.596. The van der Waals surface area contributed by atoms with Crippen LogP contribution in [0.15, 0.2) is 0 Å². The van der Waals surface area contributed by atoms with E-state index in [2.05, 4.69) is 34.6 Å². The molecule has 0 heteroatoms. The molecule has 0 nitrogen and oxygen atoms in total.